The van der Waals surface area contributed by atoms with Crippen molar-refractivity contribution in [3.05, 3.63) is 67.1 Å². The van der Waals surface area contributed by atoms with Crippen LogP contribution in [0.2, 0.25) is 15.1 Å². The number of rotatable bonds is 8. The van der Waals surface area contributed by atoms with Gasteiger partial charge in [-0.1, -0.05) is 34.8 Å². The van der Waals surface area contributed by atoms with E-state index in [2.05, 4.69) is 10.6 Å². The Morgan fingerprint density at radius 2 is 1.79 bits per heavy atom. The zero-order chi connectivity index (χ0) is 21.6. The molecule has 7 nitrogen and oxygen atoms in total. The summed E-state index contributed by atoms with van der Waals surface area (Å²) in [5.41, 5.74) is 0.0627. The van der Waals surface area contributed by atoms with Crippen molar-refractivity contribution < 1.29 is 14.5 Å². The molecule has 2 N–H and O–H groups in total. The molecule has 0 aliphatic heterocycles. The molecule has 0 spiro atoms. The molecule has 11 heteroatoms. The molecule has 0 bridgehead atoms. The largest absolute Gasteiger partial charge is 0.340 e. The van der Waals surface area contributed by atoms with Crippen LogP contribution in [0.1, 0.15) is 16.8 Å². The monoisotopic (exact) mass is 475 g/mol. The molecule has 2 amide bonds. The summed E-state index contributed by atoms with van der Waals surface area (Å²) in [5.74, 6) is -0.463. The molecule has 0 fully saturated rings. The highest BCUT2D eigenvalue weighted by Crippen LogP contribution is 2.26. The first-order chi connectivity index (χ1) is 13.7. The van der Waals surface area contributed by atoms with Gasteiger partial charge in [-0.2, -0.15) is 11.8 Å². The van der Waals surface area contributed by atoms with Gasteiger partial charge in [-0.3, -0.25) is 19.7 Å². The molecule has 0 radical (unpaired) electrons. The molecule has 0 aliphatic rings. The summed E-state index contributed by atoms with van der Waals surface area (Å²) in [5, 5.41) is 16.9. The van der Waals surface area contributed by atoms with Crippen LogP contribution >= 0.6 is 46.6 Å². The maximum atomic E-state index is 12.7. The number of nitrogens with zero attached hydrogens (tertiary/aromatic N) is 1. The summed E-state index contributed by atoms with van der Waals surface area (Å²) < 4.78 is 0. The summed E-state index contributed by atoms with van der Waals surface area (Å²) in [6.45, 7) is 0. The Bertz CT molecular complexity index is 943. The highest BCUT2D eigenvalue weighted by molar-refractivity contribution is 7.98. The van der Waals surface area contributed by atoms with E-state index in [1.807, 2.05) is 6.26 Å². The number of nitro groups is 1. The van der Waals surface area contributed by atoms with E-state index in [0.29, 0.717) is 22.9 Å². The van der Waals surface area contributed by atoms with Gasteiger partial charge in [0.25, 0.3) is 11.6 Å². The number of halogens is 3. The molecule has 1 atom stereocenters. The molecule has 1 unspecified atom stereocenters. The molecular weight excluding hydrogens is 461 g/mol. The van der Waals surface area contributed by atoms with Crippen LogP contribution in [0.4, 0.5) is 11.4 Å². The highest BCUT2D eigenvalue weighted by Gasteiger charge is 2.23. The van der Waals surface area contributed by atoms with E-state index in [-0.39, 0.29) is 21.3 Å². The third-order valence-corrected chi connectivity index (χ3v) is 5.53. The number of carbonyl (C=O) groups excluding carboxylic acids is 2. The van der Waals surface area contributed by atoms with Gasteiger partial charge in [0.05, 0.1) is 15.0 Å². The Morgan fingerprint density at radius 3 is 2.41 bits per heavy atom. The summed E-state index contributed by atoms with van der Waals surface area (Å²) in [7, 11) is 0. The fourth-order valence-corrected chi connectivity index (χ4v) is 3.30. The van der Waals surface area contributed by atoms with Crippen molar-refractivity contribution in [2.75, 3.05) is 17.3 Å². The fraction of sp³-hybridized carbons (Fsp3) is 0.222. The molecule has 154 valence electrons. The lowest BCUT2D eigenvalue weighted by molar-refractivity contribution is -0.384. The maximum absolute atomic E-state index is 12.7. The van der Waals surface area contributed by atoms with Gasteiger partial charge in [0.2, 0.25) is 5.91 Å². The Hall–Kier alpha value is -2.00. The van der Waals surface area contributed by atoms with E-state index in [9.17, 15) is 19.7 Å². The minimum absolute atomic E-state index is 0.0255. The molecule has 2 aromatic rings. The van der Waals surface area contributed by atoms with Crippen molar-refractivity contribution >= 4 is 69.8 Å². The predicted octanol–water partition coefficient (Wildman–Crippen LogP) is 5.05. The zero-order valence-electron chi connectivity index (χ0n) is 15.1. The van der Waals surface area contributed by atoms with E-state index in [4.69, 9.17) is 34.8 Å². The smallest absolute Gasteiger partial charge is 0.288 e. The average Bonchev–Trinajstić information content (AvgIpc) is 2.67. The lowest BCUT2D eigenvalue weighted by Crippen LogP contribution is -2.44. The lowest BCUT2D eigenvalue weighted by Gasteiger charge is -2.18. The van der Waals surface area contributed by atoms with Crippen LogP contribution in [-0.4, -0.2) is 34.8 Å². The second kappa shape index (κ2) is 10.7. The molecule has 0 aliphatic carbocycles. The number of hydrogen-bond acceptors (Lipinski definition) is 5. The first kappa shape index (κ1) is 23.3. The van der Waals surface area contributed by atoms with Gasteiger partial charge in [0, 0.05) is 17.3 Å². The van der Waals surface area contributed by atoms with Gasteiger partial charge in [-0.25, -0.2) is 0 Å². The number of nitro benzene ring substituents is 1. The second-order valence-corrected chi connectivity index (χ2v) is 8.06. The van der Waals surface area contributed by atoms with E-state index in [1.54, 1.807) is 12.1 Å². The van der Waals surface area contributed by atoms with Crippen molar-refractivity contribution in [3.63, 3.8) is 0 Å². The van der Waals surface area contributed by atoms with E-state index >= 15 is 0 Å². The number of benzene rings is 2. The average molecular weight is 477 g/mol. The topological polar surface area (TPSA) is 101 Å². The molecule has 0 saturated heterocycles. The zero-order valence-corrected chi connectivity index (χ0v) is 18.2. The van der Waals surface area contributed by atoms with Gasteiger partial charge >= 0.3 is 0 Å². The Labute approximate surface area is 186 Å². The van der Waals surface area contributed by atoms with Crippen LogP contribution in [0, 0.1) is 10.1 Å². The molecule has 2 aromatic carbocycles. The van der Waals surface area contributed by atoms with Crippen LogP contribution in [0.25, 0.3) is 0 Å². The number of amides is 2. The van der Waals surface area contributed by atoms with Crippen molar-refractivity contribution in [3.8, 4) is 0 Å². The highest BCUT2D eigenvalue weighted by atomic mass is 35.5. The van der Waals surface area contributed by atoms with Crippen molar-refractivity contribution in [1.82, 2.24) is 5.32 Å². The maximum Gasteiger partial charge on any atom is 0.288 e. The third-order valence-electron chi connectivity index (χ3n) is 3.82. The molecular formula is C18H16Cl3N3O4S. The van der Waals surface area contributed by atoms with E-state index in [0.717, 1.165) is 6.07 Å². The minimum Gasteiger partial charge on any atom is -0.340 e. The Balaban J connectivity index is 2.17. The van der Waals surface area contributed by atoms with Crippen molar-refractivity contribution in [2.45, 2.75) is 12.5 Å². The standard InChI is InChI=1S/C18H16Cl3N3O4S/c1-29-7-6-15(18(26)22-11-3-5-12(19)14(21)9-11)23-17(25)10-2-4-13(20)16(8-10)24(27)28/h2-5,8-9,15H,6-7H2,1H3,(H,22,26)(H,23,25). The van der Waals surface area contributed by atoms with Crippen LogP contribution in [-0.2, 0) is 4.79 Å². The quantitative estimate of drug-likeness (QED) is 0.410. The lowest BCUT2D eigenvalue weighted by atomic mass is 10.1. The number of carbonyl (C=O) groups is 2. The van der Waals surface area contributed by atoms with Gasteiger partial charge in [0.15, 0.2) is 0 Å². The molecule has 0 saturated carbocycles. The fourth-order valence-electron chi connectivity index (χ4n) is 2.34. The van der Waals surface area contributed by atoms with Crippen LogP contribution in [0.3, 0.4) is 0 Å². The summed E-state index contributed by atoms with van der Waals surface area (Å²) in [6, 6.07) is 7.45. The SMILES string of the molecule is CSCCC(NC(=O)c1ccc(Cl)c([N+](=O)[O-])c1)C(=O)Nc1ccc(Cl)c(Cl)c1. The third kappa shape index (κ3) is 6.50. The van der Waals surface area contributed by atoms with Gasteiger partial charge in [-0.15, -0.1) is 0 Å². The molecule has 29 heavy (non-hydrogen) atoms. The summed E-state index contributed by atoms with van der Waals surface area (Å²) in [4.78, 5) is 35.6. The van der Waals surface area contributed by atoms with Gasteiger partial charge in [0.1, 0.15) is 11.1 Å². The van der Waals surface area contributed by atoms with Gasteiger partial charge in [-0.05, 0) is 48.8 Å². The van der Waals surface area contributed by atoms with E-state index < -0.39 is 22.8 Å². The first-order valence-corrected chi connectivity index (χ1v) is 10.8. The normalized spacial score (nSPS) is 11.6. The Kier molecular flexibility index (Phi) is 8.58. The van der Waals surface area contributed by atoms with Crippen LogP contribution in [0.15, 0.2) is 36.4 Å². The molecule has 0 aromatic heterocycles. The van der Waals surface area contributed by atoms with E-state index in [1.165, 1.54) is 30.0 Å². The first-order valence-electron chi connectivity index (χ1n) is 8.22. The van der Waals surface area contributed by atoms with Gasteiger partial charge < -0.3 is 10.6 Å². The van der Waals surface area contributed by atoms with Crippen LogP contribution < -0.4 is 10.6 Å². The number of thioether (sulfide) groups is 1. The van der Waals surface area contributed by atoms with Crippen LogP contribution in [0.5, 0.6) is 0 Å². The molecule has 2 rings (SSSR count). The Morgan fingerprint density at radius 1 is 1.10 bits per heavy atom. The summed E-state index contributed by atoms with van der Waals surface area (Å²) in [6.07, 6.45) is 2.23. The number of nitrogens with one attached hydrogen (secondary N) is 2. The molecule has 0 heterocycles. The minimum atomic E-state index is -0.862. The second-order valence-electron chi connectivity index (χ2n) is 5.85. The van der Waals surface area contributed by atoms with Crippen molar-refractivity contribution in [2.24, 2.45) is 0 Å². The number of anilines is 1. The van der Waals surface area contributed by atoms with Crippen molar-refractivity contribution in [1.29, 1.82) is 0 Å². The summed E-state index contributed by atoms with van der Waals surface area (Å²) >= 11 is 19.1. The number of hydrogen-bond donors (Lipinski definition) is 2. The predicted molar refractivity (Wildman–Crippen MR) is 117 cm³/mol.